The molecule has 2 rings (SSSR count). The largest absolute Gasteiger partial charge is 0.366 e. The summed E-state index contributed by atoms with van der Waals surface area (Å²) in [4.78, 5) is 11.1. The summed E-state index contributed by atoms with van der Waals surface area (Å²) in [7, 11) is 0. The summed E-state index contributed by atoms with van der Waals surface area (Å²) in [6, 6.07) is 0. The minimum atomic E-state index is -0.204. The Labute approximate surface area is 129 Å². The lowest BCUT2D eigenvalue weighted by molar-refractivity contribution is -0.133. The molecule has 0 radical (unpaired) electrons. The lowest BCUT2D eigenvalue weighted by Gasteiger charge is -2.47. The van der Waals surface area contributed by atoms with Gasteiger partial charge in [-0.25, -0.2) is 4.98 Å². The van der Waals surface area contributed by atoms with E-state index in [4.69, 9.17) is 4.74 Å². The average molecular weight is 343 g/mol. The van der Waals surface area contributed by atoms with Crippen molar-refractivity contribution in [3.8, 4) is 0 Å². The molecule has 1 saturated heterocycles. The molecular weight excluding hydrogens is 320 g/mol. The summed E-state index contributed by atoms with van der Waals surface area (Å²) in [5.74, 6) is 1.58. The Morgan fingerprint density at radius 3 is 2.45 bits per heavy atom. The van der Waals surface area contributed by atoms with Crippen LogP contribution in [0.3, 0.4) is 0 Å². The second kappa shape index (κ2) is 5.48. The minimum absolute atomic E-state index is 0.204. The lowest BCUT2D eigenvalue weighted by atomic mass is 9.99. The van der Waals surface area contributed by atoms with Crippen LogP contribution in [0.2, 0.25) is 0 Å². The van der Waals surface area contributed by atoms with E-state index >= 15 is 0 Å². The van der Waals surface area contributed by atoms with Crippen molar-refractivity contribution in [1.29, 1.82) is 0 Å². The number of nitrogens with zero attached hydrogens (tertiary/aromatic N) is 3. The quantitative estimate of drug-likeness (QED) is 0.914. The fourth-order valence-electron chi connectivity index (χ4n) is 2.76. The van der Waals surface area contributed by atoms with Gasteiger partial charge in [0, 0.05) is 25.8 Å². The predicted octanol–water partition coefficient (Wildman–Crippen LogP) is 3.06. The molecule has 0 amide bonds. The Morgan fingerprint density at radius 2 is 1.90 bits per heavy atom. The van der Waals surface area contributed by atoms with E-state index < -0.39 is 0 Å². The lowest BCUT2D eigenvalue weighted by Crippen LogP contribution is -2.57. The molecule has 1 aliphatic heterocycles. The maximum atomic E-state index is 6.11. The van der Waals surface area contributed by atoms with Gasteiger partial charge in [-0.15, -0.1) is 0 Å². The molecule has 1 aromatic rings. The molecule has 1 aromatic heterocycles. The Morgan fingerprint density at radius 1 is 1.30 bits per heavy atom. The van der Waals surface area contributed by atoms with Crippen LogP contribution >= 0.6 is 15.9 Å². The monoisotopic (exact) mass is 342 g/mol. The zero-order chi connectivity index (χ0) is 15.0. The molecule has 1 fully saturated rings. The van der Waals surface area contributed by atoms with Crippen molar-refractivity contribution in [2.24, 2.45) is 0 Å². The van der Waals surface area contributed by atoms with E-state index in [1.807, 2.05) is 6.92 Å². The van der Waals surface area contributed by atoms with Gasteiger partial charge >= 0.3 is 0 Å². The first-order chi connectivity index (χ1) is 9.22. The number of aromatic nitrogens is 2. The molecule has 6 heteroatoms. The average Bonchev–Trinajstić information content (AvgIpc) is 2.28. The van der Waals surface area contributed by atoms with E-state index in [0.29, 0.717) is 5.95 Å². The molecule has 0 atom stereocenters. The van der Waals surface area contributed by atoms with Gasteiger partial charge in [0.25, 0.3) is 0 Å². The SMILES string of the molecule is CCNc1ncc(Br)c(N2CC(C)(C)OC(C)(C)C2)n1. The maximum absolute atomic E-state index is 6.11. The summed E-state index contributed by atoms with van der Waals surface area (Å²) in [5, 5.41) is 3.15. The third-order valence-electron chi connectivity index (χ3n) is 3.06. The Bertz CT molecular complexity index is 474. The van der Waals surface area contributed by atoms with Crippen molar-refractivity contribution in [3.63, 3.8) is 0 Å². The van der Waals surface area contributed by atoms with Gasteiger partial charge < -0.3 is 15.0 Å². The molecule has 0 bridgehead atoms. The Balaban J connectivity index is 2.32. The zero-order valence-electron chi connectivity index (χ0n) is 12.8. The third-order valence-corrected chi connectivity index (χ3v) is 3.62. The van der Waals surface area contributed by atoms with Crippen molar-refractivity contribution >= 4 is 27.7 Å². The number of anilines is 2. The fraction of sp³-hybridized carbons (Fsp3) is 0.714. The molecule has 20 heavy (non-hydrogen) atoms. The van der Waals surface area contributed by atoms with E-state index in [1.165, 1.54) is 0 Å². The van der Waals surface area contributed by atoms with Crippen molar-refractivity contribution in [2.45, 2.75) is 45.8 Å². The summed E-state index contributed by atoms with van der Waals surface area (Å²) in [6.45, 7) is 12.9. The highest BCUT2D eigenvalue weighted by Crippen LogP contribution is 2.33. The minimum Gasteiger partial charge on any atom is -0.366 e. The van der Waals surface area contributed by atoms with Gasteiger partial charge in [-0.2, -0.15) is 4.98 Å². The van der Waals surface area contributed by atoms with Gasteiger partial charge in [0.2, 0.25) is 5.95 Å². The predicted molar refractivity (Wildman–Crippen MR) is 85.4 cm³/mol. The van der Waals surface area contributed by atoms with Gasteiger partial charge in [-0.1, -0.05) is 0 Å². The second-order valence-electron chi connectivity index (χ2n) is 6.37. The Hall–Kier alpha value is -0.880. The van der Waals surface area contributed by atoms with E-state index in [0.717, 1.165) is 29.9 Å². The molecule has 0 unspecified atom stereocenters. The normalized spacial score (nSPS) is 20.8. The van der Waals surface area contributed by atoms with Crippen LogP contribution in [0.4, 0.5) is 11.8 Å². The van der Waals surface area contributed by atoms with E-state index in [-0.39, 0.29) is 11.2 Å². The molecule has 1 N–H and O–H groups in total. The van der Waals surface area contributed by atoms with Crippen LogP contribution in [0.5, 0.6) is 0 Å². The Kier molecular flexibility index (Phi) is 4.25. The molecule has 0 spiro atoms. The van der Waals surface area contributed by atoms with Crippen molar-refractivity contribution in [3.05, 3.63) is 10.7 Å². The molecule has 112 valence electrons. The van der Waals surface area contributed by atoms with Crippen LogP contribution in [0.1, 0.15) is 34.6 Å². The number of ether oxygens (including phenoxy) is 1. The van der Waals surface area contributed by atoms with Gasteiger partial charge in [0.15, 0.2) is 0 Å². The molecule has 1 aliphatic rings. The fourth-order valence-corrected chi connectivity index (χ4v) is 3.20. The zero-order valence-corrected chi connectivity index (χ0v) is 14.4. The summed E-state index contributed by atoms with van der Waals surface area (Å²) >= 11 is 3.56. The highest BCUT2D eigenvalue weighted by molar-refractivity contribution is 9.10. The van der Waals surface area contributed by atoms with E-state index in [9.17, 15) is 0 Å². The van der Waals surface area contributed by atoms with Crippen molar-refractivity contribution in [2.75, 3.05) is 29.9 Å². The van der Waals surface area contributed by atoms with Crippen LogP contribution in [0.15, 0.2) is 10.7 Å². The van der Waals surface area contributed by atoms with Crippen LogP contribution in [-0.2, 0) is 4.74 Å². The van der Waals surface area contributed by atoms with Gasteiger partial charge in [-0.05, 0) is 50.5 Å². The van der Waals surface area contributed by atoms with Gasteiger partial charge in [0.1, 0.15) is 5.82 Å². The highest BCUT2D eigenvalue weighted by atomic mass is 79.9. The van der Waals surface area contributed by atoms with Gasteiger partial charge in [0.05, 0.1) is 15.7 Å². The van der Waals surface area contributed by atoms with Crippen molar-refractivity contribution < 1.29 is 4.74 Å². The van der Waals surface area contributed by atoms with Crippen LogP contribution in [-0.4, -0.2) is 40.8 Å². The molecule has 5 nitrogen and oxygen atoms in total. The smallest absolute Gasteiger partial charge is 0.224 e. The standard InChI is InChI=1S/C14H23BrN4O/c1-6-16-12-17-7-10(15)11(18-12)19-8-13(2,3)20-14(4,5)9-19/h7H,6,8-9H2,1-5H3,(H,16,17,18). The highest BCUT2D eigenvalue weighted by Gasteiger charge is 2.39. The number of hydrogen-bond acceptors (Lipinski definition) is 5. The number of nitrogens with one attached hydrogen (secondary N) is 1. The molecule has 0 aromatic carbocycles. The molecule has 2 heterocycles. The first kappa shape index (κ1) is 15.5. The summed E-state index contributed by atoms with van der Waals surface area (Å²) in [6.07, 6.45) is 1.80. The molecule has 0 saturated carbocycles. The molecular formula is C14H23BrN4O. The van der Waals surface area contributed by atoms with Crippen LogP contribution < -0.4 is 10.2 Å². The first-order valence-corrected chi connectivity index (χ1v) is 7.73. The third kappa shape index (κ3) is 3.61. The van der Waals surface area contributed by atoms with Crippen molar-refractivity contribution in [1.82, 2.24) is 9.97 Å². The topological polar surface area (TPSA) is 50.3 Å². The summed E-state index contributed by atoms with van der Waals surface area (Å²) in [5.41, 5.74) is -0.408. The number of morpholine rings is 1. The van der Waals surface area contributed by atoms with Gasteiger partial charge in [-0.3, -0.25) is 0 Å². The number of rotatable bonds is 3. The van der Waals surface area contributed by atoms with E-state index in [1.54, 1.807) is 6.20 Å². The number of hydrogen-bond donors (Lipinski definition) is 1. The van der Waals surface area contributed by atoms with E-state index in [2.05, 4.69) is 63.8 Å². The molecule has 0 aliphatic carbocycles. The first-order valence-electron chi connectivity index (χ1n) is 6.94. The number of halogens is 1. The van der Waals surface area contributed by atoms with Crippen LogP contribution in [0, 0.1) is 0 Å². The van der Waals surface area contributed by atoms with Crippen LogP contribution in [0.25, 0.3) is 0 Å². The maximum Gasteiger partial charge on any atom is 0.224 e. The second-order valence-corrected chi connectivity index (χ2v) is 7.23. The summed E-state index contributed by atoms with van der Waals surface area (Å²) < 4.78 is 7.02.